The SMILES string of the molecule is Cc1cc(-c2cccc(S(C)(=O)=O)c2)c(Cl)cc1C1=C(O)C2(CCCN(Cc3nc4ccccc4n(C)c3=O)C2)OC1=O. The van der Waals surface area contributed by atoms with Crippen molar-refractivity contribution in [3.05, 3.63) is 98.6 Å². The Morgan fingerprint density at radius 3 is 2.60 bits per heavy atom. The van der Waals surface area contributed by atoms with E-state index in [0.717, 1.165) is 11.8 Å². The van der Waals surface area contributed by atoms with E-state index in [9.17, 15) is 23.1 Å². The Bertz CT molecular complexity index is 2020. The average molecular weight is 620 g/mol. The van der Waals surface area contributed by atoms with Crippen molar-refractivity contribution < 1.29 is 23.1 Å². The summed E-state index contributed by atoms with van der Waals surface area (Å²) in [5.74, 6) is -0.808. The molecule has 9 nitrogen and oxygen atoms in total. The van der Waals surface area contributed by atoms with Gasteiger partial charge in [-0.05, 0) is 79.4 Å². The molecule has 11 heteroatoms. The van der Waals surface area contributed by atoms with Crippen LogP contribution in [0.5, 0.6) is 0 Å². The number of carbonyl (C=O) groups is 1. The maximum absolute atomic E-state index is 13.3. The van der Waals surface area contributed by atoms with Gasteiger partial charge in [0, 0.05) is 37.0 Å². The van der Waals surface area contributed by atoms with E-state index in [1.165, 1.54) is 6.07 Å². The smallest absolute Gasteiger partial charge is 0.343 e. The Hall–Kier alpha value is -3.99. The van der Waals surface area contributed by atoms with E-state index >= 15 is 0 Å². The number of aryl methyl sites for hydroxylation is 2. The van der Waals surface area contributed by atoms with Gasteiger partial charge in [-0.2, -0.15) is 0 Å². The van der Waals surface area contributed by atoms with Gasteiger partial charge in [-0.3, -0.25) is 9.69 Å². The minimum Gasteiger partial charge on any atom is -0.507 e. The summed E-state index contributed by atoms with van der Waals surface area (Å²) in [4.78, 5) is 33.1. The van der Waals surface area contributed by atoms with Crippen LogP contribution in [0.1, 0.15) is 29.7 Å². The maximum atomic E-state index is 13.3. The summed E-state index contributed by atoms with van der Waals surface area (Å²) in [5, 5.41) is 11.9. The molecule has 3 aromatic carbocycles. The fraction of sp³-hybridized carbons (Fsp3) is 0.281. The molecule has 1 aromatic heterocycles. The van der Waals surface area contributed by atoms with Gasteiger partial charge >= 0.3 is 5.97 Å². The van der Waals surface area contributed by atoms with Crippen LogP contribution in [0, 0.1) is 6.92 Å². The maximum Gasteiger partial charge on any atom is 0.343 e. The number of aliphatic hydroxyl groups excluding tert-OH is 1. The highest BCUT2D eigenvalue weighted by molar-refractivity contribution is 7.90. The molecular formula is C32H30ClN3O6S. The average Bonchev–Trinajstić information content (AvgIpc) is 3.20. The van der Waals surface area contributed by atoms with Gasteiger partial charge in [0.15, 0.2) is 21.2 Å². The number of fused-ring (bicyclic) bond motifs is 1. The Kier molecular flexibility index (Phi) is 7.19. The summed E-state index contributed by atoms with van der Waals surface area (Å²) in [6.45, 7) is 2.88. The van der Waals surface area contributed by atoms with Gasteiger partial charge < -0.3 is 14.4 Å². The topological polar surface area (TPSA) is 119 Å². The normalized spacial score (nSPS) is 19.4. The van der Waals surface area contributed by atoms with Gasteiger partial charge in [0.25, 0.3) is 5.56 Å². The van der Waals surface area contributed by atoms with Crippen molar-refractivity contribution in [2.45, 2.75) is 36.8 Å². The first-order valence-electron chi connectivity index (χ1n) is 13.8. The van der Waals surface area contributed by atoms with Crippen molar-refractivity contribution in [1.82, 2.24) is 14.5 Å². The highest BCUT2D eigenvalue weighted by Gasteiger charge is 2.51. The number of rotatable bonds is 5. The molecular weight excluding hydrogens is 590 g/mol. The second-order valence-electron chi connectivity index (χ2n) is 11.3. The number of piperidine rings is 1. The molecule has 1 atom stereocenters. The van der Waals surface area contributed by atoms with E-state index in [2.05, 4.69) is 4.98 Å². The standard InChI is InChI=1S/C32H30ClN3O6S/c1-19-14-23(20-8-6-9-21(15-20)43(3,40)41)24(33)16-22(19)28-29(37)32(42-31(28)39)12-7-13-36(18-32)17-26-30(38)35(2)27-11-5-4-10-25(27)34-26/h4-6,8-11,14-16,37H,7,12-13,17-18H2,1-3H3. The predicted octanol–water partition coefficient (Wildman–Crippen LogP) is 4.83. The number of nitrogens with zero attached hydrogens (tertiary/aromatic N) is 3. The number of benzene rings is 3. The number of hydrogen-bond donors (Lipinski definition) is 1. The van der Waals surface area contributed by atoms with Crippen molar-refractivity contribution in [3.63, 3.8) is 0 Å². The number of hydrogen-bond acceptors (Lipinski definition) is 8. The van der Waals surface area contributed by atoms with Crippen LogP contribution in [0.25, 0.3) is 27.7 Å². The van der Waals surface area contributed by atoms with Crippen LogP contribution < -0.4 is 5.56 Å². The molecule has 2 aliphatic heterocycles. The van der Waals surface area contributed by atoms with Crippen LogP contribution in [0.2, 0.25) is 5.02 Å². The fourth-order valence-corrected chi connectivity index (χ4v) is 7.02. The van der Waals surface area contributed by atoms with Gasteiger partial charge in [-0.1, -0.05) is 35.9 Å². The zero-order valence-corrected chi connectivity index (χ0v) is 25.5. The fourth-order valence-electron chi connectivity index (χ4n) is 6.08. The third-order valence-corrected chi connectivity index (χ3v) is 9.70. The van der Waals surface area contributed by atoms with Crippen LogP contribution in [0.4, 0.5) is 0 Å². The van der Waals surface area contributed by atoms with Crippen LogP contribution in [0.15, 0.2) is 76.1 Å². The van der Waals surface area contributed by atoms with Crippen LogP contribution in [0.3, 0.4) is 0 Å². The number of para-hydroxylation sites is 2. The van der Waals surface area contributed by atoms with E-state index in [-0.39, 0.29) is 34.9 Å². The number of sulfone groups is 1. The number of aliphatic hydroxyl groups is 1. The van der Waals surface area contributed by atoms with Gasteiger partial charge in [-0.25, -0.2) is 18.2 Å². The molecule has 6 rings (SSSR count). The molecule has 0 saturated carbocycles. The number of halogens is 1. The highest BCUT2D eigenvalue weighted by Crippen LogP contribution is 2.44. The largest absolute Gasteiger partial charge is 0.507 e. The molecule has 43 heavy (non-hydrogen) atoms. The summed E-state index contributed by atoms with van der Waals surface area (Å²) in [6, 6.07) is 17.3. The van der Waals surface area contributed by atoms with E-state index in [4.69, 9.17) is 16.3 Å². The first-order chi connectivity index (χ1) is 20.4. The first kappa shape index (κ1) is 29.1. The molecule has 1 fully saturated rings. The minimum atomic E-state index is -3.42. The van der Waals surface area contributed by atoms with E-state index in [1.54, 1.807) is 48.9 Å². The summed E-state index contributed by atoms with van der Waals surface area (Å²) < 4.78 is 31.7. The van der Waals surface area contributed by atoms with E-state index < -0.39 is 21.4 Å². The second kappa shape index (κ2) is 10.6. The molecule has 3 heterocycles. The lowest BCUT2D eigenvalue weighted by atomic mass is 9.87. The summed E-state index contributed by atoms with van der Waals surface area (Å²) in [5.41, 5.74) is 2.74. The number of aromatic nitrogens is 2. The quantitative estimate of drug-likeness (QED) is 0.316. The first-order valence-corrected chi connectivity index (χ1v) is 16.1. The van der Waals surface area contributed by atoms with Crippen molar-refractivity contribution in [2.75, 3.05) is 19.3 Å². The molecule has 0 radical (unpaired) electrons. The Morgan fingerprint density at radius 2 is 1.84 bits per heavy atom. The molecule has 1 spiro atoms. The highest BCUT2D eigenvalue weighted by atomic mass is 35.5. The zero-order valence-electron chi connectivity index (χ0n) is 23.9. The number of esters is 1. The molecule has 1 unspecified atom stereocenters. The van der Waals surface area contributed by atoms with Gasteiger partial charge in [0.2, 0.25) is 0 Å². The molecule has 1 N–H and O–H groups in total. The Labute approximate surface area is 253 Å². The number of ether oxygens (including phenoxy) is 1. The molecule has 4 aromatic rings. The van der Waals surface area contributed by atoms with Gasteiger partial charge in [0.1, 0.15) is 11.3 Å². The van der Waals surface area contributed by atoms with Gasteiger partial charge in [0.05, 0.1) is 15.9 Å². The summed E-state index contributed by atoms with van der Waals surface area (Å²) in [6.07, 6.45) is 2.20. The lowest BCUT2D eigenvalue weighted by Crippen LogP contribution is -2.50. The third kappa shape index (κ3) is 5.13. The molecule has 2 aliphatic rings. The Morgan fingerprint density at radius 1 is 1.07 bits per heavy atom. The Balaban J connectivity index is 1.33. The third-order valence-electron chi connectivity index (χ3n) is 8.27. The molecule has 1 saturated heterocycles. The van der Waals surface area contributed by atoms with Gasteiger partial charge in [-0.15, -0.1) is 0 Å². The lowest BCUT2D eigenvalue weighted by Gasteiger charge is -2.38. The van der Waals surface area contributed by atoms with E-state index in [1.807, 2.05) is 29.2 Å². The summed E-state index contributed by atoms with van der Waals surface area (Å²) >= 11 is 6.68. The van der Waals surface area contributed by atoms with Crippen LogP contribution in [-0.2, 0) is 33.0 Å². The number of likely N-dealkylation sites (tertiary alicyclic amines) is 1. The minimum absolute atomic E-state index is 0.0532. The van der Waals surface area contributed by atoms with Crippen molar-refractivity contribution >= 4 is 44.0 Å². The van der Waals surface area contributed by atoms with E-state index in [0.29, 0.717) is 57.9 Å². The monoisotopic (exact) mass is 619 g/mol. The molecule has 0 bridgehead atoms. The van der Waals surface area contributed by atoms with Crippen molar-refractivity contribution in [1.29, 1.82) is 0 Å². The second-order valence-corrected chi connectivity index (χ2v) is 13.7. The lowest BCUT2D eigenvalue weighted by molar-refractivity contribution is -0.151. The molecule has 0 amide bonds. The van der Waals surface area contributed by atoms with Crippen LogP contribution >= 0.6 is 11.6 Å². The molecule has 0 aliphatic carbocycles. The van der Waals surface area contributed by atoms with Crippen LogP contribution in [-0.4, -0.2) is 58.9 Å². The number of carbonyl (C=O) groups excluding carboxylic acids is 1. The summed E-state index contributed by atoms with van der Waals surface area (Å²) in [7, 11) is -1.70. The van der Waals surface area contributed by atoms with Crippen molar-refractivity contribution in [3.8, 4) is 11.1 Å². The predicted molar refractivity (Wildman–Crippen MR) is 165 cm³/mol. The molecule has 222 valence electrons. The van der Waals surface area contributed by atoms with Crippen molar-refractivity contribution in [2.24, 2.45) is 7.05 Å². The zero-order chi connectivity index (χ0) is 30.7.